The lowest BCUT2D eigenvalue weighted by Crippen LogP contribution is -2.30. The van der Waals surface area contributed by atoms with E-state index in [4.69, 9.17) is 21.5 Å². The zero-order valence-electron chi connectivity index (χ0n) is 15.1. The predicted molar refractivity (Wildman–Crippen MR) is 110 cm³/mol. The molecule has 3 aromatic rings. The molecule has 11 heteroatoms. The number of halogens is 3. The van der Waals surface area contributed by atoms with E-state index in [1.165, 1.54) is 12.4 Å². The van der Waals surface area contributed by atoms with Gasteiger partial charge in [-0.25, -0.2) is 14.9 Å². The number of nitrogens with zero attached hydrogens (tertiary/aromatic N) is 2. The molecule has 0 spiro atoms. The molecular formula is C18H17BrClFN4O4. The number of aryl methyl sites for hydroxylation is 1. The molecule has 2 aromatic carbocycles. The summed E-state index contributed by atoms with van der Waals surface area (Å²) >= 11 is 9.51. The van der Waals surface area contributed by atoms with Crippen molar-refractivity contribution in [2.75, 3.05) is 18.5 Å². The number of imidazole rings is 1. The summed E-state index contributed by atoms with van der Waals surface area (Å²) in [5.41, 5.74) is 2.80. The van der Waals surface area contributed by atoms with Gasteiger partial charge < -0.3 is 20.1 Å². The Bertz CT molecular complexity index is 1060. The predicted octanol–water partition coefficient (Wildman–Crippen LogP) is 2.89. The number of benzene rings is 2. The lowest BCUT2D eigenvalue weighted by Gasteiger charge is -2.16. The molecule has 0 aliphatic heterocycles. The maximum atomic E-state index is 15.2. The first-order valence-corrected chi connectivity index (χ1v) is 9.55. The first kappa shape index (κ1) is 21.5. The largest absolute Gasteiger partial charge is 0.394 e. The van der Waals surface area contributed by atoms with Gasteiger partial charge >= 0.3 is 0 Å². The Kier molecular flexibility index (Phi) is 6.70. The lowest BCUT2D eigenvalue weighted by molar-refractivity contribution is -0.0295. The van der Waals surface area contributed by atoms with Crippen molar-refractivity contribution in [3.8, 4) is 0 Å². The number of aliphatic hydroxyl groups is 2. The number of aliphatic hydroxyl groups excluding tert-OH is 2. The molecule has 29 heavy (non-hydrogen) atoms. The molecule has 0 fully saturated rings. The van der Waals surface area contributed by atoms with Crippen molar-refractivity contribution in [1.82, 2.24) is 15.0 Å². The first-order chi connectivity index (χ1) is 13.8. The molecule has 0 aliphatic carbocycles. The van der Waals surface area contributed by atoms with Crippen LogP contribution in [-0.2, 0) is 11.9 Å². The topological polar surface area (TPSA) is 109 Å². The summed E-state index contributed by atoms with van der Waals surface area (Å²) in [7, 11) is 1.67. The van der Waals surface area contributed by atoms with Crippen molar-refractivity contribution in [3.05, 3.63) is 51.5 Å². The highest BCUT2D eigenvalue weighted by Crippen LogP contribution is 2.34. The van der Waals surface area contributed by atoms with Crippen molar-refractivity contribution in [1.29, 1.82) is 0 Å². The molecular weight excluding hydrogens is 471 g/mol. The highest BCUT2D eigenvalue weighted by Gasteiger charge is 2.22. The van der Waals surface area contributed by atoms with Gasteiger partial charge in [0.2, 0.25) is 0 Å². The van der Waals surface area contributed by atoms with Gasteiger partial charge in [-0.05, 0) is 24.3 Å². The summed E-state index contributed by atoms with van der Waals surface area (Å²) in [5, 5.41) is 21.3. The van der Waals surface area contributed by atoms with Crippen molar-refractivity contribution < 1.29 is 24.2 Å². The minimum absolute atomic E-state index is 0.0592. The number of anilines is 2. The summed E-state index contributed by atoms with van der Waals surface area (Å²) < 4.78 is 17.5. The maximum Gasteiger partial charge on any atom is 0.277 e. The fourth-order valence-electron chi connectivity index (χ4n) is 2.56. The summed E-state index contributed by atoms with van der Waals surface area (Å²) in [6.07, 6.45) is 0.269. The molecule has 154 valence electrons. The zero-order chi connectivity index (χ0) is 21.1. The number of hydroxylamine groups is 1. The van der Waals surface area contributed by atoms with Gasteiger partial charge in [0.15, 0.2) is 5.82 Å². The van der Waals surface area contributed by atoms with Crippen molar-refractivity contribution >= 4 is 55.8 Å². The van der Waals surface area contributed by atoms with Crippen LogP contribution < -0.4 is 10.8 Å². The quantitative estimate of drug-likeness (QED) is 0.382. The van der Waals surface area contributed by atoms with Gasteiger partial charge in [0.05, 0.1) is 40.4 Å². The Morgan fingerprint density at radius 1 is 1.45 bits per heavy atom. The molecule has 0 saturated heterocycles. The number of hydrogen-bond donors (Lipinski definition) is 4. The molecule has 1 unspecified atom stereocenters. The standard InChI is InChI=1S/C18H17BrClFN4O4/c1-25-8-22-17-14(25)5-11(18(28)24-29-7-10(27)6-26)16(15(17)21)23-13-3-2-9(19)4-12(13)20/h2-5,8,10,23,26-27H,6-7H2,1H3,(H,24,28). The van der Waals surface area contributed by atoms with E-state index in [9.17, 15) is 9.90 Å². The second kappa shape index (κ2) is 9.06. The van der Waals surface area contributed by atoms with E-state index < -0.39 is 24.4 Å². The first-order valence-electron chi connectivity index (χ1n) is 8.38. The van der Waals surface area contributed by atoms with Crippen LogP contribution in [0.1, 0.15) is 10.4 Å². The smallest absolute Gasteiger partial charge is 0.277 e. The van der Waals surface area contributed by atoms with E-state index in [-0.39, 0.29) is 23.4 Å². The summed E-state index contributed by atoms with van der Waals surface area (Å²) in [5.74, 6) is -1.49. The van der Waals surface area contributed by atoms with Crippen LogP contribution in [0.3, 0.4) is 0 Å². The number of hydrogen-bond acceptors (Lipinski definition) is 6. The Morgan fingerprint density at radius 2 is 2.21 bits per heavy atom. The molecule has 3 rings (SSSR count). The number of carbonyl (C=O) groups excluding carboxylic acids is 1. The summed E-state index contributed by atoms with van der Waals surface area (Å²) in [4.78, 5) is 21.6. The van der Waals surface area contributed by atoms with Gasteiger partial charge in [-0.2, -0.15) is 0 Å². The number of aromatic nitrogens is 2. The molecule has 1 aromatic heterocycles. The minimum Gasteiger partial charge on any atom is -0.394 e. The van der Waals surface area contributed by atoms with E-state index in [1.807, 2.05) is 0 Å². The lowest BCUT2D eigenvalue weighted by atomic mass is 10.1. The zero-order valence-corrected chi connectivity index (χ0v) is 17.5. The number of carbonyl (C=O) groups is 1. The van der Waals surface area contributed by atoms with Gasteiger partial charge in [0.25, 0.3) is 5.91 Å². The van der Waals surface area contributed by atoms with Gasteiger partial charge in [-0.15, -0.1) is 0 Å². The van der Waals surface area contributed by atoms with E-state index in [2.05, 4.69) is 31.7 Å². The highest BCUT2D eigenvalue weighted by molar-refractivity contribution is 9.10. The molecule has 8 nitrogen and oxygen atoms in total. The summed E-state index contributed by atoms with van der Waals surface area (Å²) in [6.45, 7) is -0.861. The van der Waals surface area contributed by atoms with E-state index >= 15 is 4.39 Å². The van der Waals surface area contributed by atoms with Crippen molar-refractivity contribution in [2.24, 2.45) is 7.05 Å². The monoisotopic (exact) mass is 486 g/mol. The Balaban J connectivity index is 2.00. The van der Waals surface area contributed by atoms with Crippen LogP contribution in [-0.4, -0.2) is 45.0 Å². The molecule has 0 bridgehead atoms. The normalized spacial score (nSPS) is 12.2. The van der Waals surface area contributed by atoms with Crippen LogP contribution in [0.25, 0.3) is 11.0 Å². The van der Waals surface area contributed by atoms with Crippen molar-refractivity contribution in [2.45, 2.75) is 6.10 Å². The molecule has 0 aliphatic rings. The molecule has 1 heterocycles. The van der Waals surface area contributed by atoms with Crippen LogP contribution in [0, 0.1) is 5.82 Å². The molecule has 1 atom stereocenters. The van der Waals surface area contributed by atoms with Crippen LogP contribution in [0.5, 0.6) is 0 Å². The van der Waals surface area contributed by atoms with Crippen LogP contribution >= 0.6 is 27.5 Å². The number of nitrogens with one attached hydrogen (secondary N) is 2. The third kappa shape index (κ3) is 4.68. The molecule has 4 N–H and O–H groups in total. The average molecular weight is 488 g/mol. The second-order valence-corrected chi connectivity index (χ2v) is 7.49. The van der Waals surface area contributed by atoms with Gasteiger partial charge in [0.1, 0.15) is 18.2 Å². The second-order valence-electron chi connectivity index (χ2n) is 6.16. The molecule has 0 radical (unpaired) electrons. The molecule has 0 saturated carbocycles. The Labute approximate surface area is 178 Å². The third-order valence-corrected chi connectivity index (χ3v) is 4.85. The van der Waals surface area contributed by atoms with Crippen molar-refractivity contribution in [3.63, 3.8) is 0 Å². The maximum absolute atomic E-state index is 15.2. The minimum atomic E-state index is -1.16. The number of rotatable bonds is 7. The van der Waals surface area contributed by atoms with Crippen LogP contribution in [0.15, 0.2) is 35.1 Å². The van der Waals surface area contributed by atoms with E-state index in [0.717, 1.165) is 4.47 Å². The number of amides is 1. The average Bonchev–Trinajstić information content (AvgIpc) is 3.06. The van der Waals surface area contributed by atoms with Gasteiger partial charge in [-0.3, -0.25) is 9.63 Å². The van der Waals surface area contributed by atoms with E-state index in [0.29, 0.717) is 16.2 Å². The van der Waals surface area contributed by atoms with Crippen LogP contribution in [0.4, 0.5) is 15.8 Å². The SMILES string of the molecule is Cn1cnc2c(F)c(Nc3ccc(Br)cc3Cl)c(C(=O)NOCC(O)CO)cc21. The number of fused-ring (bicyclic) bond motifs is 1. The van der Waals surface area contributed by atoms with Gasteiger partial charge in [0, 0.05) is 11.5 Å². The fraction of sp³-hybridized carbons (Fsp3) is 0.222. The Hall–Kier alpha value is -2.24. The van der Waals surface area contributed by atoms with Crippen LogP contribution in [0.2, 0.25) is 5.02 Å². The summed E-state index contributed by atoms with van der Waals surface area (Å²) in [6, 6.07) is 6.43. The fourth-order valence-corrected chi connectivity index (χ4v) is 3.28. The third-order valence-electron chi connectivity index (χ3n) is 4.05. The molecule has 1 amide bonds. The Morgan fingerprint density at radius 3 is 2.90 bits per heavy atom. The van der Waals surface area contributed by atoms with E-state index in [1.54, 1.807) is 29.8 Å². The van der Waals surface area contributed by atoms with Gasteiger partial charge in [-0.1, -0.05) is 27.5 Å². The highest BCUT2D eigenvalue weighted by atomic mass is 79.9.